The Kier molecular flexibility index (Phi) is 43.1. The molecule has 0 aliphatic heterocycles. The minimum absolute atomic E-state index is 0.111. The van der Waals surface area contributed by atoms with Crippen molar-refractivity contribution in [2.45, 2.75) is 200 Å². The molecular formula is C52H84O6. The third-order valence-corrected chi connectivity index (χ3v) is 9.33. The lowest BCUT2D eigenvalue weighted by molar-refractivity contribution is -0.167. The van der Waals surface area contributed by atoms with E-state index in [1.54, 1.807) is 0 Å². The fourth-order valence-corrected chi connectivity index (χ4v) is 5.90. The fraction of sp³-hybridized carbons (Fsp3) is 0.635. The van der Waals surface area contributed by atoms with Crippen molar-refractivity contribution in [2.24, 2.45) is 0 Å². The zero-order valence-electron chi connectivity index (χ0n) is 37.3. The van der Waals surface area contributed by atoms with E-state index in [2.05, 4.69) is 118 Å². The molecule has 0 bridgehead atoms. The summed E-state index contributed by atoms with van der Waals surface area (Å²) in [7, 11) is 0. The van der Waals surface area contributed by atoms with E-state index in [4.69, 9.17) is 14.2 Å². The quantitative estimate of drug-likeness (QED) is 0.0266. The molecule has 1 unspecified atom stereocenters. The Balaban J connectivity index is 4.53. The normalized spacial score (nSPS) is 12.9. The maximum Gasteiger partial charge on any atom is 0.306 e. The topological polar surface area (TPSA) is 78.9 Å². The van der Waals surface area contributed by atoms with Crippen LogP contribution in [-0.4, -0.2) is 37.2 Å². The van der Waals surface area contributed by atoms with Crippen LogP contribution in [0.4, 0.5) is 0 Å². The van der Waals surface area contributed by atoms with Gasteiger partial charge in [-0.2, -0.15) is 0 Å². The molecule has 0 aromatic heterocycles. The zero-order chi connectivity index (χ0) is 42.3. The van der Waals surface area contributed by atoms with E-state index in [0.29, 0.717) is 19.3 Å². The van der Waals surface area contributed by atoms with Gasteiger partial charge in [-0.25, -0.2) is 0 Å². The van der Waals surface area contributed by atoms with E-state index in [1.165, 1.54) is 51.4 Å². The van der Waals surface area contributed by atoms with Gasteiger partial charge >= 0.3 is 17.9 Å². The average Bonchev–Trinajstić information content (AvgIpc) is 3.22. The molecule has 0 amide bonds. The van der Waals surface area contributed by atoms with Gasteiger partial charge in [0, 0.05) is 19.3 Å². The minimum atomic E-state index is -0.817. The SMILES string of the molecule is CC/C=C\C/C=C\C/C=C\C/C=C\C/C=C\CCCC(=O)OCC(COC(=O)CCCCCCCCCCCCC)OC(=O)CCCC/C=C\C/C=C\C/C=C\CC. The molecule has 0 aromatic carbocycles. The van der Waals surface area contributed by atoms with Gasteiger partial charge in [-0.05, 0) is 89.9 Å². The molecule has 0 rings (SSSR count). The lowest BCUT2D eigenvalue weighted by Gasteiger charge is -2.18. The number of ether oxygens (including phenoxy) is 3. The molecule has 6 nitrogen and oxygen atoms in total. The average molecular weight is 805 g/mol. The molecule has 0 heterocycles. The second-order valence-corrected chi connectivity index (χ2v) is 14.9. The summed E-state index contributed by atoms with van der Waals surface area (Å²) in [5.74, 6) is -1.02. The number of carbonyl (C=O) groups excluding carboxylic acids is 3. The van der Waals surface area contributed by atoms with E-state index in [-0.39, 0.29) is 44.0 Å². The third-order valence-electron chi connectivity index (χ3n) is 9.33. The Bertz CT molecular complexity index is 1200. The Hall–Kier alpha value is -3.67. The van der Waals surface area contributed by atoms with E-state index in [0.717, 1.165) is 89.9 Å². The van der Waals surface area contributed by atoms with Crippen molar-refractivity contribution in [1.29, 1.82) is 0 Å². The first-order chi connectivity index (χ1) is 28.5. The summed E-state index contributed by atoms with van der Waals surface area (Å²) < 4.78 is 16.6. The molecule has 0 N–H and O–H groups in total. The largest absolute Gasteiger partial charge is 0.462 e. The van der Waals surface area contributed by atoms with Crippen LogP contribution in [0.5, 0.6) is 0 Å². The van der Waals surface area contributed by atoms with E-state index < -0.39 is 6.10 Å². The van der Waals surface area contributed by atoms with Gasteiger partial charge in [-0.3, -0.25) is 14.4 Å². The number of unbranched alkanes of at least 4 members (excludes halogenated alkanes) is 13. The highest BCUT2D eigenvalue weighted by molar-refractivity contribution is 5.71. The number of rotatable bonds is 40. The monoisotopic (exact) mass is 805 g/mol. The second kappa shape index (κ2) is 46.0. The van der Waals surface area contributed by atoms with Gasteiger partial charge in [0.05, 0.1) is 0 Å². The standard InChI is InChI=1S/C52H84O6/c1-4-7-10-13-16-19-22-24-25-26-27-28-31-33-36-39-42-45-51(54)57-48-49(47-56-50(53)44-41-38-35-32-29-21-18-15-12-9-6-3)58-52(55)46-43-40-37-34-30-23-20-17-14-11-8-5-2/h7-8,10-11,16-17,19-20,24-25,27-28,30,33-34,36,49H,4-6,9,12-15,18,21-23,26,29,31-32,35,37-48H2,1-3H3/b10-7-,11-8-,19-16-,20-17-,25-24-,28-27-,34-30-,36-33-. The van der Waals surface area contributed by atoms with Crippen molar-refractivity contribution in [3.05, 3.63) is 97.2 Å². The van der Waals surface area contributed by atoms with Crippen LogP contribution in [0, 0.1) is 0 Å². The number of hydrogen-bond acceptors (Lipinski definition) is 6. The van der Waals surface area contributed by atoms with Crippen molar-refractivity contribution < 1.29 is 28.6 Å². The van der Waals surface area contributed by atoms with E-state index in [1.807, 2.05) is 0 Å². The van der Waals surface area contributed by atoms with Crippen LogP contribution in [-0.2, 0) is 28.6 Å². The molecule has 0 spiro atoms. The van der Waals surface area contributed by atoms with Crippen LogP contribution in [0.2, 0.25) is 0 Å². The first-order valence-electron chi connectivity index (χ1n) is 23.2. The van der Waals surface area contributed by atoms with E-state index >= 15 is 0 Å². The number of allylic oxidation sites excluding steroid dienone is 16. The molecule has 58 heavy (non-hydrogen) atoms. The van der Waals surface area contributed by atoms with Crippen LogP contribution >= 0.6 is 0 Å². The van der Waals surface area contributed by atoms with Crippen molar-refractivity contribution in [2.75, 3.05) is 13.2 Å². The molecular weight excluding hydrogens is 721 g/mol. The van der Waals surface area contributed by atoms with Gasteiger partial charge < -0.3 is 14.2 Å². The van der Waals surface area contributed by atoms with Crippen LogP contribution in [0.15, 0.2) is 97.2 Å². The van der Waals surface area contributed by atoms with Crippen molar-refractivity contribution in [3.8, 4) is 0 Å². The molecule has 0 radical (unpaired) electrons. The molecule has 0 fully saturated rings. The predicted molar refractivity (Wildman–Crippen MR) is 247 cm³/mol. The van der Waals surface area contributed by atoms with Crippen molar-refractivity contribution in [1.82, 2.24) is 0 Å². The number of hydrogen-bond donors (Lipinski definition) is 0. The maximum atomic E-state index is 12.7. The summed E-state index contributed by atoms with van der Waals surface area (Å²) in [6.07, 6.45) is 59.7. The second-order valence-electron chi connectivity index (χ2n) is 14.9. The maximum absolute atomic E-state index is 12.7. The smallest absolute Gasteiger partial charge is 0.306 e. The molecule has 6 heteroatoms. The van der Waals surface area contributed by atoms with Gasteiger partial charge in [0.25, 0.3) is 0 Å². The Labute approximate surface area is 356 Å². The van der Waals surface area contributed by atoms with Crippen LogP contribution in [0.3, 0.4) is 0 Å². The van der Waals surface area contributed by atoms with Crippen molar-refractivity contribution >= 4 is 17.9 Å². The first-order valence-corrected chi connectivity index (χ1v) is 23.2. The summed E-state index contributed by atoms with van der Waals surface area (Å²) in [6.45, 7) is 6.29. The van der Waals surface area contributed by atoms with Crippen LogP contribution in [0.25, 0.3) is 0 Å². The molecule has 0 aliphatic rings. The Morgan fingerprint density at radius 2 is 0.690 bits per heavy atom. The van der Waals surface area contributed by atoms with Crippen LogP contribution < -0.4 is 0 Å². The zero-order valence-corrected chi connectivity index (χ0v) is 37.3. The molecule has 0 saturated heterocycles. The molecule has 1 atom stereocenters. The third kappa shape index (κ3) is 43.5. The highest BCUT2D eigenvalue weighted by atomic mass is 16.6. The minimum Gasteiger partial charge on any atom is -0.462 e. The van der Waals surface area contributed by atoms with Gasteiger partial charge in [0.2, 0.25) is 0 Å². The molecule has 328 valence electrons. The highest BCUT2D eigenvalue weighted by Gasteiger charge is 2.19. The van der Waals surface area contributed by atoms with Crippen molar-refractivity contribution in [3.63, 3.8) is 0 Å². The van der Waals surface area contributed by atoms with Gasteiger partial charge in [0.1, 0.15) is 13.2 Å². The number of esters is 3. The molecule has 0 saturated carbocycles. The number of carbonyl (C=O) groups is 3. The van der Waals surface area contributed by atoms with Crippen LogP contribution in [0.1, 0.15) is 194 Å². The van der Waals surface area contributed by atoms with E-state index in [9.17, 15) is 14.4 Å². The highest BCUT2D eigenvalue weighted by Crippen LogP contribution is 2.13. The van der Waals surface area contributed by atoms with Gasteiger partial charge in [-0.1, -0.05) is 182 Å². The fourth-order valence-electron chi connectivity index (χ4n) is 5.90. The molecule has 0 aliphatic carbocycles. The summed E-state index contributed by atoms with van der Waals surface area (Å²) in [6, 6.07) is 0. The summed E-state index contributed by atoms with van der Waals surface area (Å²) in [5.41, 5.74) is 0. The lowest BCUT2D eigenvalue weighted by atomic mass is 10.1. The first kappa shape index (κ1) is 54.3. The van der Waals surface area contributed by atoms with Gasteiger partial charge in [0.15, 0.2) is 6.10 Å². The summed E-state index contributed by atoms with van der Waals surface area (Å²) in [5, 5.41) is 0. The predicted octanol–water partition coefficient (Wildman–Crippen LogP) is 15.0. The Morgan fingerprint density at radius 3 is 1.12 bits per heavy atom. The summed E-state index contributed by atoms with van der Waals surface area (Å²) >= 11 is 0. The summed E-state index contributed by atoms with van der Waals surface area (Å²) in [4.78, 5) is 37.7. The lowest BCUT2D eigenvalue weighted by Crippen LogP contribution is -2.30. The Morgan fingerprint density at radius 1 is 0.362 bits per heavy atom. The van der Waals surface area contributed by atoms with Gasteiger partial charge in [-0.15, -0.1) is 0 Å². The molecule has 0 aromatic rings.